The summed E-state index contributed by atoms with van der Waals surface area (Å²) in [6.07, 6.45) is 1.84. The minimum absolute atomic E-state index is 0.403. The molecule has 20 heavy (non-hydrogen) atoms. The van der Waals surface area contributed by atoms with E-state index < -0.39 is 6.10 Å². The standard InChI is InChI=1S/C16H36N2O2/c1-13(2)8-7-9-20-12-15(19)10-17-16(14(3)4)11-18(5)6/h13-17,19H,7-12H2,1-6H3. The summed E-state index contributed by atoms with van der Waals surface area (Å²) in [6, 6.07) is 0.403. The van der Waals surface area contributed by atoms with Crippen LogP contribution in [0.3, 0.4) is 0 Å². The summed E-state index contributed by atoms with van der Waals surface area (Å²) in [6.45, 7) is 11.6. The number of rotatable bonds is 12. The maximum absolute atomic E-state index is 9.92. The molecule has 0 rings (SSSR count). The number of hydrogen-bond donors (Lipinski definition) is 2. The van der Waals surface area contributed by atoms with Gasteiger partial charge in [-0.3, -0.25) is 0 Å². The molecule has 0 aliphatic rings. The van der Waals surface area contributed by atoms with E-state index >= 15 is 0 Å². The molecule has 2 unspecified atom stereocenters. The third-order valence-electron chi connectivity index (χ3n) is 3.36. The SMILES string of the molecule is CC(C)CCCOCC(O)CNC(CN(C)C)C(C)C. The van der Waals surface area contributed by atoms with Crippen molar-refractivity contribution in [3.05, 3.63) is 0 Å². The van der Waals surface area contributed by atoms with E-state index in [-0.39, 0.29) is 0 Å². The van der Waals surface area contributed by atoms with Crippen LogP contribution in [0.15, 0.2) is 0 Å². The van der Waals surface area contributed by atoms with Crippen molar-refractivity contribution in [1.82, 2.24) is 10.2 Å². The van der Waals surface area contributed by atoms with E-state index in [0.29, 0.717) is 25.1 Å². The molecule has 0 saturated carbocycles. The third-order valence-corrected chi connectivity index (χ3v) is 3.36. The van der Waals surface area contributed by atoms with E-state index in [0.717, 1.165) is 25.5 Å². The Morgan fingerprint density at radius 3 is 2.30 bits per heavy atom. The second kappa shape index (κ2) is 11.5. The van der Waals surface area contributed by atoms with Gasteiger partial charge in [0.25, 0.3) is 0 Å². The maximum Gasteiger partial charge on any atom is 0.0897 e. The van der Waals surface area contributed by atoms with Crippen molar-refractivity contribution < 1.29 is 9.84 Å². The fourth-order valence-electron chi connectivity index (χ4n) is 2.06. The van der Waals surface area contributed by atoms with Gasteiger partial charge in [0.1, 0.15) is 0 Å². The van der Waals surface area contributed by atoms with Crippen LogP contribution in [0.5, 0.6) is 0 Å². The van der Waals surface area contributed by atoms with Crippen molar-refractivity contribution in [3.63, 3.8) is 0 Å². The molecule has 0 radical (unpaired) electrons. The summed E-state index contributed by atoms with van der Waals surface area (Å²) < 4.78 is 5.52. The highest BCUT2D eigenvalue weighted by Gasteiger charge is 2.15. The van der Waals surface area contributed by atoms with Crippen LogP contribution in [-0.2, 0) is 4.74 Å². The molecule has 0 amide bonds. The molecule has 2 atom stereocenters. The Balaban J connectivity index is 3.71. The van der Waals surface area contributed by atoms with Gasteiger partial charge in [-0.1, -0.05) is 27.7 Å². The predicted molar refractivity (Wildman–Crippen MR) is 86.1 cm³/mol. The molecule has 0 aromatic carbocycles. The van der Waals surface area contributed by atoms with E-state index in [4.69, 9.17) is 4.74 Å². The van der Waals surface area contributed by atoms with Crippen molar-refractivity contribution in [2.75, 3.05) is 40.4 Å². The second-order valence-electron chi connectivity index (χ2n) is 6.79. The molecule has 0 heterocycles. The van der Waals surface area contributed by atoms with Gasteiger partial charge in [0, 0.05) is 25.7 Å². The van der Waals surface area contributed by atoms with Crippen LogP contribution in [-0.4, -0.2) is 62.6 Å². The third kappa shape index (κ3) is 11.6. The van der Waals surface area contributed by atoms with Gasteiger partial charge in [-0.15, -0.1) is 0 Å². The number of likely N-dealkylation sites (N-methyl/N-ethyl adjacent to an activating group) is 1. The lowest BCUT2D eigenvalue weighted by molar-refractivity contribution is 0.0322. The van der Waals surface area contributed by atoms with E-state index in [2.05, 4.69) is 52.0 Å². The van der Waals surface area contributed by atoms with E-state index in [1.165, 1.54) is 6.42 Å². The first-order valence-electron chi connectivity index (χ1n) is 7.96. The Morgan fingerprint density at radius 1 is 1.15 bits per heavy atom. The molecule has 0 bridgehead atoms. The van der Waals surface area contributed by atoms with Gasteiger partial charge >= 0.3 is 0 Å². The fraction of sp³-hybridized carbons (Fsp3) is 1.00. The van der Waals surface area contributed by atoms with Gasteiger partial charge in [0.2, 0.25) is 0 Å². The highest BCUT2D eigenvalue weighted by molar-refractivity contribution is 4.74. The Hall–Kier alpha value is -0.160. The zero-order chi connectivity index (χ0) is 15.5. The van der Waals surface area contributed by atoms with Gasteiger partial charge in [0.15, 0.2) is 0 Å². The van der Waals surface area contributed by atoms with Crippen LogP contribution in [0.25, 0.3) is 0 Å². The summed E-state index contributed by atoms with van der Waals surface area (Å²) in [7, 11) is 4.15. The lowest BCUT2D eigenvalue weighted by atomic mass is 10.0. The van der Waals surface area contributed by atoms with Crippen molar-refractivity contribution >= 4 is 0 Å². The second-order valence-corrected chi connectivity index (χ2v) is 6.79. The molecule has 4 heteroatoms. The summed E-state index contributed by atoms with van der Waals surface area (Å²) in [5, 5.41) is 13.4. The molecule has 0 saturated heterocycles. The van der Waals surface area contributed by atoms with Gasteiger partial charge in [-0.05, 0) is 38.8 Å². The highest BCUT2D eigenvalue weighted by Crippen LogP contribution is 2.04. The number of hydrogen-bond acceptors (Lipinski definition) is 4. The molecular formula is C16H36N2O2. The number of nitrogens with zero attached hydrogens (tertiary/aromatic N) is 1. The lowest BCUT2D eigenvalue weighted by Crippen LogP contribution is -2.45. The van der Waals surface area contributed by atoms with Crippen molar-refractivity contribution in [3.8, 4) is 0 Å². The first kappa shape index (κ1) is 19.8. The van der Waals surface area contributed by atoms with Crippen LogP contribution >= 0.6 is 0 Å². The molecule has 4 nitrogen and oxygen atoms in total. The van der Waals surface area contributed by atoms with Crippen LogP contribution in [0.1, 0.15) is 40.5 Å². The number of aliphatic hydroxyl groups is 1. The van der Waals surface area contributed by atoms with Gasteiger partial charge in [0.05, 0.1) is 12.7 Å². The fourth-order valence-corrected chi connectivity index (χ4v) is 2.06. The number of nitrogens with one attached hydrogen (secondary N) is 1. The Morgan fingerprint density at radius 2 is 1.80 bits per heavy atom. The molecule has 122 valence electrons. The Labute approximate surface area is 125 Å². The zero-order valence-corrected chi connectivity index (χ0v) is 14.4. The average Bonchev–Trinajstić information content (AvgIpc) is 2.32. The molecule has 0 aliphatic carbocycles. The monoisotopic (exact) mass is 288 g/mol. The van der Waals surface area contributed by atoms with Gasteiger partial charge in [-0.25, -0.2) is 0 Å². The normalized spacial score (nSPS) is 15.3. The molecule has 2 N–H and O–H groups in total. The number of ether oxygens (including phenoxy) is 1. The van der Waals surface area contributed by atoms with Crippen LogP contribution in [0.2, 0.25) is 0 Å². The van der Waals surface area contributed by atoms with Crippen molar-refractivity contribution in [2.45, 2.75) is 52.7 Å². The Kier molecular flexibility index (Phi) is 11.4. The minimum Gasteiger partial charge on any atom is -0.389 e. The molecular weight excluding hydrogens is 252 g/mol. The minimum atomic E-state index is -0.419. The van der Waals surface area contributed by atoms with E-state index in [1.54, 1.807) is 0 Å². The summed E-state index contributed by atoms with van der Waals surface area (Å²) in [4.78, 5) is 2.17. The Bertz CT molecular complexity index is 221. The average molecular weight is 288 g/mol. The highest BCUT2D eigenvalue weighted by atomic mass is 16.5. The molecule has 0 aromatic heterocycles. The van der Waals surface area contributed by atoms with Crippen LogP contribution < -0.4 is 5.32 Å². The van der Waals surface area contributed by atoms with E-state index in [9.17, 15) is 5.11 Å². The lowest BCUT2D eigenvalue weighted by Gasteiger charge is -2.26. The largest absolute Gasteiger partial charge is 0.389 e. The molecule has 0 aromatic rings. The first-order chi connectivity index (χ1) is 9.32. The predicted octanol–water partition coefficient (Wildman–Crippen LogP) is 1.98. The van der Waals surface area contributed by atoms with Crippen LogP contribution in [0.4, 0.5) is 0 Å². The van der Waals surface area contributed by atoms with E-state index in [1.807, 2.05) is 0 Å². The zero-order valence-electron chi connectivity index (χ0n) is 14.4. The summed E-state index contributed by atoms with van der Waals surface area (Å²) in [5.74, 6) is 1.28. The summed E-state index contributed by atoms with van der Waals surface area (Å²) >= 11 is 0. The topological polar surface area (TPSA) is 44.7 Å². The first-order valence-corrected chi connectivity index (χ1v) is 7.96. The smallest absolute Gasteiger partial charge is 0.0897 e. The maximum atomic E-state index is 9.92. The summed E-state index contributed by atoms with van der Waals surface area (Å²) in [5.41, 5.74) is 0. The van der Waals surface area contributed by atoms with Gasteiger partial charge in [-0.2, -0.15) is 0 Å². The van der Waals surface area contributed by atoms with Crippen molar-refractivity contribution in [2.24, 2.45) is 11.8 Å². The van der Waals surface area contributed by atoms with Crippen LogP contribution in [0, 0.1) is 11.8 Å². The van der Waals surface area contributed by atoms with Crippen molar-refractivity contribution in [1.29, 1.82) is 0 Å². The molecule has 0 spiro atoms. The van der Waals surface area contributed by atoms with Gasteiger partial charge < -0.3 is 20.1 Å². The quantitative estimate of drug-likeness (QED) is 0.539. The number of aliphatic hydroxyl groups excluding tert-OH is 1. The molecule has 0 fully saturated rings. The molecule has 0 aliphatic heterocycles.